The van der Waals surface area contributed by atoms with Crippen LogP contribution in [0.3, 0.4) is 0 Å². The quantitative estimate of drug-likeness (QED) is 0.848. The number of allylic oxidation sites excluding steroid dienone is 1. The summed E-state index contributed by atoms with van der Waals surface area (Å²) in [5.41, 5.74) is 2.98. The Kier molecular flexibility index (Phi) is 4.83. The van der Waals surface area contributed by atoms with Crippen molar-refractivity contribution in [1.82, 2.24) is 5.32 Å². The monoisotopic (exact) mass is 350 g/mol. The molecule has 1 aromatic rings. The lowest BCUT2D eigenvalue weighted by Crippen LogP contribution is -2.31. The van der Waals surface area contributed by atoms with Gasteiger partial charge in [-0.3, -0.25) is 9.59 Å². The second-order valence-corrected chi connectivity index (χ2v) is 6.28. The molecule has 112 valence electrons. The van der Waals surface area contributed by atoms with Crippen LogP contribution >= 0.6 is 15.9 Å². The van der Waals surface area contributed by atoms with Crippen LogP contribution in [-0.4, -0.2) is 25.4 Å². The predicted molar refractivity (Wildman–Crippen MR) is 87.4 cm³/mol. The third-order valence-corrected chi connectivity index (χ3v) is 4.07. The normalized spacial score (nSPS) is 16.7. The maximum absolute atomic E-state index is 12.6. The number of hydrogen-bond acceptors (Lipinski definition) is 2. The van der Waals surface area contributed by atoms with E-state index in [1.807, 2.05) is 38.1 Å². The molecule has 0 aliphatic carbocycles. The van der Waals surface area contributed by atoms with Crippen molar-refractivity contribution in [2.75, 3.05) is 18.5 Å². The molecule has 2 rings (SSSR count). The molecule has 0 saturated heterocycles. The molecule has 2 amide bonds. The molecular formula is C16H19BrN2O2. The minimum atomic E-state index is -0.390. The van der Waals surface area contributed by atoms with Crippen LogP contribution in [0.4, 0.5) is 5.69 Å². The highest BCUT2D eigenvalue weighted by atomic mass is 79.9. The highest BCUT2D eigenvalue weighted by molar-refractivity contribution is 9.10. The van der Waals surface area contributed by atoms with Gasteiger partial charge in [0.2, 0.25) is 11.8 Å². The predicted octanol–water partition coefficient (Wildman–Crippen LogP) is 2.98. The Hall–Kier alpha value is -1.62. The molecule has 4 nitrogen and oxygen atoms in total. The minimum absolute atomic E-state index is 0.01000. The highest BCUT2D eigenvalue weighted by Gasteiger charge is 2.37. The molecule has 1 unspecified atom stereocenters. The fourth-order valence-corrected chi connectivity index (χ4v) is 2.78. The molecule has 1 N–H and O–H groups in total. The number of hydrogen-bond donors (Lipinski definition) is 1. The van der Waals surface area contributed by atoms with E-state index in [9.17, 15) is 9.59 Å². The van der Waals surface area contributed by atoms with Gasteiger partial charge in [0.1, 0.15) is 0 Å². The first-order valence-electron chi connectivity index (χ1n) is 6.88. The summed E-state index contributed by atoms with van der Waals surface area (Å²) < 4.78 is 0.928. The lowest BCUT2D eigenvalue weighted by atomic mass is 9.97. The molecule has 1 heterocycles. The number of benzene rings is 1. The first kappa shape index (κ1) is 15.8. The van der Waals surface area contributed by atoms with Gasteiger partial charge in [0.25, 0.3) is 0 Å². The number of rotatable bonds is 4. The fraction of sp³-hybridized carbons (Fsp3) is 0.375. The molecule has 21 heavy (non-hydrogen) atoms. The summed E-state index contributed by atoms with van der Waals surface area (Å²) in [7, 11) is 1.59. The number of halogens is 1. The summed E-state index contributed by atoms with van der Waals surface area (Å²) in [6.07, 6.45) is 2.21. The summed E-state index contributed by atoms with van der Waals surface area (Å²) >= 11 is 3.44. The molecule has 0 spiro atoms. The Labute approximate surface area is 133 Å². The van der Waals surface area contributed by atoms with Gasteiger partial charge in [-0.05, 0) is 31.5 Å². The number of carbonyl (C=O) groups excluding carboxylic acids is 2. The van der Waals surface area contributed by atoms with Crippen molar-refractivity contribution in [2.45, 2.75) is 26.2 Å². The van der Waals surface area contributed by atoms with Gasteiger partial charge in [0.15, 0.2) is 0 Å². The molecule has 0 fully saturated rings. The zero-order chi connectivity index (χ0) is 15.6. The summed E-state index contributed by atoms with van der Waals surface area (Å²) in [6.45, 7) is 4.55. The first-order valence-corrected chi connectivity index (χ1v) is 7.68. The Morgan fingerprint density at radius 1 is 1.43 bits per heavy atom. The number of fused-ring (bicyclic) bond motifs is 1. The second-order valence-electron chi connectivity index (χ2n) is 5.36. The molecule has 0 aromatic heterocycles. The highest BCUT2D eigenvalue weighted by Crippen LogP contribution is 2.40. The van der Waals surface area contributed by atoms with E-state index in [0.29, 0.717) is 6.54 Å². The van der Waals surface area contributed by atoms with E-state index in [1.165, 1.54) is 0 Å². The zero-order valence-electron chi connectivity index (χ0n) is 12.4. The Bertz CT molecular complexity index is 606. The Morgan fingerprint density at radius 3 is 2.76 bits per heavy atom. The van der Waals surface area contributed by atoms with Crippen LogP contribution in [0.2, 0.25) is 0 Å². The van der Waals surface area contributed by atoms with Gasteiger partial charge in [-0.2, -0.15) is 0 Å². The van der Waals surface area contributed by atoms with E-state index in [1.54, 1.807) is 11.9 Å². The molecule has 1 aromatic carbocycles. The first-order chi connectivity index (χ1) is 9.93. The van der Waals surface area contributed by atoms with Crippen molar-refractivity contribution < 1.29 is 9.59 Å². The Balaban J connectivity index is 2.37. The van der Waals surface area contributed by atoms with Crippen molar-refractivity contribution in [1.29, 1.82) is 0 Å². The number of anilines is 1. The largest absolute Gasteiger partial charge is 0.359 e. The molecule has 1 aliphatic rings. The molecule has 0 bridgehead atoms. The summed E-state index contributed by atoms with van der Waals surface area (Å²) in [6, 6.07) is 5.77. The zero-order valence-corrected chi connectivity index (χ0v) is 14.0. The molecule has 5 heteroatoms. The van der Waals surface area contributed by atoms with E-state index in [-0.39, 0.29) is 18.2 Å². The van der Waals surface area contributed by atoms with Crippen LogP contribution in [0, 0.1) is 0 Å². The lowest BCUT2D eigenvalue weighted by Gasteiger charge is -2.16. The van der Waals surface area contributed by atoms with Gasteiger partial charge >= 0.3 is 0 Å². The molecule has 1 atom stereocenters. The molecule has 1 aliphatic heterocycles. The van der Waals surface area contributed by atoms with Gasteiger partial charge in [-0.25, -0.2) is 0 Å². The van der Waals surface area contributed by atoms with E-state index >= 15 is 0 Å². The molecular weight excluding hydrogens is 332 g/mol. The summed E-state index contributed by atoms with van der Waals surface area (Å²) in [5, 5.41) is 2.59. The van der Waals surface area contributed by atoms with E-state index in [2.05, 4.69) is 21.2 Å². The van der Waals surface area contributed by atoms with Crippen molar-refractivity contribution in [3.05, 3.63) is 39.9 Å². The van der Waals surface area contributed by atoms with Crippen LogP contribution in [-0.2, 0) is 9.59 Å². The van der Waals surface area contributed by atoms with Crippen LogP contribution in [0.1, 0.15) is 31.7 Å². The smallest absolute Gasteiger partial charge is 0.235 e. The number of nitrogens with zero attached hydrogens (tertiary/aromatic N) is 1. The summed E-state index contributed by atoms with van der Waals surface area (Å²) in [5.74, 6) is -0.519. The molecule has 0 saturated carbocycles. The van der Waals surface area contributed by atoms with Crippen LogP contribution in [0.5, 0.6) is 0 Å². The third-order valence-electron chi connectivity index (χ3n) is 3.57. The third kappa shape index (κ3) is 3.35. The minimum Gasteiger partial charge on any atom is -0.359 e. The van der Waals surface area contributed by atoms with Crippen LogP contribution in [0.25, 0.3) is 0 Å². The van der Waals surface area contributed by atoms with E-state index in [0.717, 1.165) is 21.3 Å². The van der Waals surface area contributed by atoms with Crippen LogP contribution < -0.4 is 10.2 Å². The standard InChI is InChI=1S/C16H19BrN2O2/c1-10(2)6-7-19-14-8-11(17)4-5-12(14)13(16(19)21)9-15(20)18-3/h4-6,8,13H,7,9H2,1-3H3,(H,18,20). The average Bonchev–Trinajstić information content (AvgIpc) is 2.68. The number of amides is 2. The topological polar surface area (TPSA) is 49.4 Å². The van der Waals surface area contributed by atoms with Gasteiger partial charge in [0, 0.05) is 30.2 Å². The van der Waals surface area contributed by atoms with Gasteiger partial charge in [0.05, 0.1) is 5.92 Å². The van der Waals surface area contributed by atoms with Crippen LogP contribution in [0.15, 0.2) is 34.3 Å². The van der Waals surface area contributed by atoms with Crippen molar-refractivity contribution in [3.8, 4) is 0 Å². The van der Waals surface area contributed by atoms with E-state index in [4.69, 9.17) is 0 Å². The van der Waals surface area contributed by atoms with Crippen molar-refractivity contribution in [2.24, 2.45) is 0 Å². The SMILES string of the molecule is CNC(=O)CC1C(=O)N(CC=C(C)C)c2cc(Br)ccc21. The van der Waals surface area contributed by atoms with Gasteiger partial charge in [-0.15, -0.1) is 0 Å². The van der Waals surface area contributed by atoms with Crippen molar-refractivity contribution >= 4 is 33.4 Å². The Morgan fingerprint density at radius 2 is 2.14 bits per heavy atom. The summed E-state index contributed by atoms with van der Waals surface area (Å²) in [4.78, 5) is 26.0. The maximum Gasteiger partial charge on any atom is 0.235 e. The van der Waals surface area contributed by atoms with Gasteiger partial charge < -0.3 is 10.2 Å². The second kappa shape index (κ2) is 6.43. The maximum atomic E-state index is 12.6. The van der Waals surface area contributed by atoms with Crippen molar-refractivity contribution in [3.63, 3.8) is 0 Å². The number of carbonyl (C=O) groups is 2. The molecule has 0 radical (unpaired) electrons. The van der Waals surface area contributed by atoms with E-state index < -0.39 is 5.92 Å². The fourth-order valence-electron chi connectivity index (χ4n) is 2.43. The lowest BCUT2D eigenvalue weighted by molar-refractivity contribution is -0.125. The van der Waals surface area contributed by atoms with Gasteiger partial charge in [-0.1, -0.05) is 33.6 Å². The number of nitrogens with one attached hydrogen (secondary N) is 1. The average molecular weight is 351 g/mol.